The number of likely N-dealkylation sites (tertiary alicyclic amines) is 1. The molecule has 2 fully saturated rings. The zero-order chi connectivity index (χ0) is 18.4. The number of anilines is 1. The Balaban J connectivity index is 1.39. The summed E-state index contributed by atoms with van der Waals surface area (Å²) in [5, 5.41) is 3.07. The summed E-state index contributed by atoms with van der Waals surface area (Å²) in [5.41, 5.74) is 0.665. The number of benzene rings is 1. The van der Waals surface area contributed by atoms with Gasteiger partial charge in [-0.25, -0.2) is 0 Å². The van der Waals surface area contributed by atoms with Crippen molar-refractivity contribution in [3.63, 3.8) is 0 Å². The molecule has 2 aliphatic rings. The fourth-order valence-electron chi connectivity index (χ4n) is 4.25. The number of nitrogens with one attached hydrogen (secondary N) is 1. The van der Waals surface area contributed by atoms with Crippen molar-refractivity contribution in [2.24, 2.45) is 5.41 Å². The van der Waals surface area contributed by atoms with Crippen LogP contribution in [0.3, 0.4) is 0 Å². The average molecular weight is 359 g/mol. The van der Waals surface area contributed by atoms with Crippen molar-refractivity contribution in [3.8, 4) is 5.75 Å². The predicted octanol–water partition coefficient (Wildman–Crippen LogP) is 4.85. The molecule has 26 heavy (non-hydrogen) atoms. The molecular weight excluding hydrogens is 324 g/mol. The number of piperidine rings is 1. The minimum Gasteiger partial charge on any atom is -0.494 e. The van der Waals surface area contributed by atoms with Crippen LogP contribution in [0.15, 0.2) is 24.3 Å². The standard InChI is InChI=1S/C22H34N2O2/c1-18-8-3-6-15-24(18)16-7-17-26-20-11-9-19(10-12-20)23-21(25)22(2)13-4-5-14-22/h9-12,18H,3-8,13-17H2,1-2H3,(H,23,25)/t18-/m1/s1. The molecule has 1 amide bonds. The van der Waals surface area contributed by atoms with E-state index >= 15 is 0 Å². The second kappa shape index (κ2) is 8.90. The Morgan fingerprint density at radius 3 is 2.62 bits per heavy atom. The maximum atomic E-state index is 12.5. The van der Waals surface area contributed by atoms with E-state index in [0.29, 0.717) is 6.04 Å². The van der Waals surface area contributed by atoms with Crippen molar-refractivity contribution in [2.45, 2.75) is 71.3 Å². The molecule has 1 heterocycles. The predicted molar refractivity (Wildman–Crippen MR) is 107 cm³/mol. The van der Waals surface area contributed by atoms with Crippen molar-refractivity contribution in [1.82, 2.24) is 4.90 Å². The van der Waals surface area contributed by atoms with E-state index in [1.54, 1.807) is 0 Å². The molecule has 1 aromatic carbocycles. The van der Waals surface area contributed by atoms with E-state index in [2.05, 4.69) is 24.1 Å². The Hall–Kier alpha value is -1.55. The van der Waals surface area contributed by atoms with Crippen LogP contribution in [0.5, 0.6) is 5.75 Å². The third kappa shape index (κ3) is 5.00. The van der Waals surface area contributed by atoms with E-state index in [4.69, 9.17) is 4.74 Å². The number of hydrogen-bond donors (Lipinski definition) is 1. The van der Waals surface area contributed by atoms with Crippen LogP contribution in [0.25, 0.3) is 0 Å². The van der Waals surface area contributed by atoms with Gasteiger partial charge in [-0.2, -0.15) is 0 Å². The molecule has 0 radical (unpaired) electrons. The lowest BCUT2D eigenvalue weighted by molar-refractivity contribution is -0.124. The summed E-state index contributed by atoms with van der Waals surface area (Å²) in [6.45, 7) is 7.50. The van der Waals surface area contributed by atoms with Crippen LogP contribution in [0, 0.1) is 5.41 Å². The molecule has 0 bridgehead atoms. The molecule has 4 heteroatoms. The zero-order valence-electron chi connectivity index (χ0n) is 16.4. The monoisotopic (exact) mass is 358 g/mol. The van der Waals surface area contributed by atoms with E-state index in [1.165, 1.54) is 25.8 Å². The fourth-order valence-corrected chi connectivity index (χ4v) is 4.25. The quantitative estimate of drug-likeness (QED) is 0.709. The number of carbonyl (C=O) groups excluding carboxylic acids is 1. The maximum Gasteiger partial charge on any atom is 0.230 e. The van der Waals surface area contributed by atoms with Crippen LogP contribution in [-0.2, 0) is 4.79 Å². The summed E-state index contributed by atoms with van der Waals surface area (Å²) in [6.07, 6.45) is 9.40. The molecule has 4 nitrogen and oxygen atoms in total. The summed E-state index contributed by atoms with van der Waals surface area (Å²) in [4.78, 5) is 15.0. The molecule has 1 saturated carbocycles. The highest BCUT2D eigenvalue weighted by molar-refractivity contribution is 5.95. The average Bonchev–Trinajstić information content (AvgIpc) is 3.09. The van der Waals surface area contributed by atoms with Crippen LogP contribution >= 0.6 is 0 Å². The fraction of sp³-hybridized carbons (Fsp3) is 0.682. The lowest BCUT2D eigenvalue weighted by Crippen LogP contribution is -2.38. The van der Waals surface area contributed by atoms with Crippen LogP contribution in [0.4, 0.5) is 5.69 Å². The zero-order valence-corrected chi connectivity index (χ0v) is 16.4. The molecule has 1 saturated heterocycles. The van der Waals surface area contributed by atoms with Gasteiger partial charge in [-0.1, -0.05) is 26.2 Å². The molecule has 0 spiro atoms. The molecule has 0 unspecified atom stereocenters. The highest BCUT2D eigenvalue weighted by Crippen LogP contribution is 2.38. The third-order valence-electron chi connectivity index (χ3n) is 6.17. The van der Waals surface area contributed by atoms with Gasteiger partial charge in [0.1, 0.15) is 5.75 Å². The maximum absolute atomic E-state index is 12.5. The number of amides is 1. The van der Waals surface area contributed by atoms with Crippen LogP contribution in [0.1, 0.15) is 65.2 Å². The van der Waals surface area contributed by atoms with Gasteiger partial charge in [-0.15, -0.1) is 0 Å². The summed E-state index contributed by atoms with van der Waals surface area (Å²) in [7, 11) is 0. The van der Waals surface area contributed by atoms with Crippen molar-refractivity contribution in [3.05, 3.63) is 24.3 Å². The highest BCUT2D eigenvalue weighted by atomic mass is 16.5. The summed E-state index contributed by atoms with van der Waals surface area (Å²) in [6, 6.07) is 8.51. The van der Waals surface area contributed by atoms with Gasteiger partial charge in [0.25, 0.3) is 0 Å². The van der Waals surface area contributed by atoms with Crippen LogP contribution in [-0.4, -0.2) is 36.5 Å². The third-order valence-corrected chi connectivity index (χ3v) is 6.17. The number of rotatable bonds is 7. The first-order valence-electron chi connectivity index (χ1n) is 10.4. The first kappa shape index (κ1) is 19.2. The Kier molecular flexibility index (Phi) is 6.58. The van der Waals surface area contributed by atoms with Gasteiger partial charge in [0.05, 0.1) is 6.61 Å². The van der Waals surface area contributed by atoms with E-state index in [9.17, 15) is 4.79 Å². The molecule has 1 N–H and O–H groups in total. The van der Waals surface area contributed by atoms with Crippen molar-refractivity contribution in [1.29, 1.82) is 0 Å². The molecule has 1 aliphatic carbocycles. The van der Waals surface area contributed by atoms with Crippen LogP contribution in [0.2, 0.25) is 0 Å². The minimum atomic E-state index is -0.194. The van der Waals surface area contributed by atoms with Crippen molar-refractivity contribution in [2.75, 3.05) is 25.0 Å². The van der Waals surface area contributed by atoms with Crippen molar-refractivity contribution < 1.29 is 9.53 Å². The second-order valence-electron chi connectivity index (χ2n) is 8.33. The van der Waals surface area contributed by atoms with E-state index in [0.717, 1.165) is 56.7 Å². The SMILES string of the molecule is C[C@@H]1CCCCN1CCCOc1ccc(NC(=O)C2(C)CCCC2)cc1. The smallest absolute Gasteiger partial charge is 0.230 e. The summed E-state index contributed by atoms with van der Waals surface area (Å²) in [5.74, 6) is 1.03. The Morgan fingerprint density at radius 1 is 1.19 bits per heavy atom. The van der Waals surface area contributed by atoms with Crippen LogP contribution < -0.4 is 10.1 Å². The Bertz CT molecular complexity index is 578. The van der Waals surface area contributed by atoms with E-state index in [1.807, 2.05) is 24.3 Å². The Labute approximate surface area is 158 Å². The lowest BCUT2D eigenvalue weighted by Gasteiger charge is -2.33. The number of nitrogens with zero attached hydrogens (tertiary/aromatic N) is 1. The molecule has 1 aliphatic heterocycles. The van der Waals surface area contributed by atoms with E-state index in [-0.39, 0.29) is 11.3 Å². The number of hydrogen-bond acceptors (Lipinski definition) is 3. The van der Waals surface area contributed by atoms with Gasteiger partial charge in [0.2, 0.25) is 5.91 Å². The molecule has 144 valence electrons. The summed E-state index contributed by atoms with van der Waals surface area (Å²) >= 11 is 0. The van der Waals surface area contributed by atoms with Gasteiger partial charge in [-0.3, -0.25) is 4.79 Å². The topological polar surface area (TPSA) is 41.6 Å². The summed E-state index contributed by atoms with van der Waals surface area (Å²) < 4.78 is 5.87. The second-order valence-corrected chi connectivity index (χ2v) is 8.33. The van der Waals surface area contributed by atoms with Gasteiger partial charge < -0.3 is 15.0 Å². The minimum absolute atomic E-state index is 0.152. The van der Waals surface area contributed by atoms with E-state index < -0.39 is 0 Å². The van der Waals surface area contributed by atoms with Gasteiger partial charge in [-0.05, 0) is 69.8 Å². The number of ether oxygens (including phenoxy) is 1. The van der Waals surface area contributed by atoms with Gasteiger partial charge in [0.15, 0.2) is 0 Å². The van der Waals surface area contributed by atoms with Crippen molar-refractivity contribution >= 4 is 11.6 Å². The molecule has 0 aromatic heterocycles. The lowest BCUT2D eigenvalue weighted by atomic mass is 9.88. The van der Waals surface area contributed by atoms with Gasteiger partial charge in [0, 0.05) is 23.7 Å². The largest absolute Gasteiger partial charge is 0.494 e. The highest BCUT2D eigenvalue weighted by Gasteiger charge is 2.36. The van der Waals surface area contributed by atoms with Gasteiger partial charge >= 0.3 is 0 Å². The first-order valence-corrected chi connectivity index (χ1v) is 10.4. The molecule has 1 atom stereocenters. The molecule has 3 rings (SSSR count). The first-order chi connectivity index (χ1) is 12.6. The normalized spacial score (nSPS) is 22.9. The number of carbonyl (C=O) groups is 1. The Morgan fingerprint density at radius 2 is 1.92 bits per heavy atom. The molecular formula is C22H34N2O2. The molecule has 1 aromatic rings.